The van der Waals surface area contributed by atoms with Crippen molar-refractivity contribution in [2.24, 2.45) is 5.92 Å². The highest BCUT2D eigenvalue weighted by Crippen LogP contribution is 2.36. The summed E-state index contributed by atoms with van der Waals surface area (Å²) in [7, 11) is -3.78. The number of ether oxygens (including phenoxy) is 1. The average Bonchev–Trinajstić information content (AvgIpc) is 2.96. The number of amides is 2. The van der Waals surface area contributed by atoms with Crippen molar-refractivity contribution in [1.82, 2.24) is 9.62 Å². The average molecular weight is 576 g/mol. The van der Waals surface area contributed by atoms with Crippen LogP contribution in [0.4, 0.5) is 5.69 Å². The molecule has 0 spiro atoms. The van der Waals surface area contributed by atoms with Crippen molar-refractivity contribution in [1.29, 1.82) is 0 Å². The Morgan fingerprint density at radius 3 is 2.37 bits per heavy atom. The lowest BCUT2D eigenvalue weighted by Crippen LogP contribution is -2.54. The van der Waals surface area contributed by atoms with Crippen molar-refractivity contribution < 1.29 is 22.7 Å². The van der Waals surface area contributed by atoms with Crippen molar-refractivity contribution in [3.05, 3.63) is 89.0 Å². The smallest absolute Gasteiger partial charge is 0.262 e. The molecule has 0 radical (unpaired) electrons. The monoisotopic (exact) mass is 575 g/mol. The van der Waals surface area contributed by atoms with Crippen LogP contribution in [0.2, 0.25) is 0 Å². The van der Waals surface area contributed by atoms with E-state index < -0.39 is 22.0 Å². The molecule has 2 amide bonds. The number of fused-ring (bicyclic) bond motifs is 1. The summed E-state index contributed by atoms with van der Waals surface area (Å²) in [6.07, 6.45) is 0.968. The van der Waals surface area contributed by atoms with Crippen LogP contribution in [0.3, 0.4) is 0 Å². The maximum Gasteiger partial charge on any atom is 0.262 e. The van der Waals surface area contributed by atoms with Crippen molar-refractivity contribution in [2.45, 2.75) is 51.0 Å². The molecular weight excluding hydrogens is 538 g/mol. The summed E-state index contributed by atoms with van der Waals surface area (Å²) in [6.45, 7) is 6.55. The fraction of sp³-hybridized carbons (Fsp3) is 0.375. The minimum absolute atomic E-state index is 0.0619. The van der Waals surface area contributed by atoms with E-state index in [9.17, 15) is 18.0 Å². The first kappa shape index (κ1) is 28.8. The number of benzene rings is 3. The summed E-state index contributed by atoms with van der Waals surface area (Å²) in [6, 6.07) is 20.8. The second-order valence-electron chi connectivity index (χ2n) is 11.0. The molecule has 2 aliphatic heterocycles. The maximum absolute atomic E-state index is 14.0. The first-order chi connectivity index (χ1) is 19.6. The topological polar surface area (TPSA) is 96.0 Å². The van der Waals surface area contributed by atoms with Crippen LogP contribution in [0.15, 0.2) is 71.6 Å². The zero-order valence-electron chi connectivity index (χ0n) is 23.8. The Hall–Kier alpha value is -3.69. The van der Waals surface area contributed by atoms with Crippen LogP contribution in [0, 0.1) is 26.7 Å². The SMILES string of the molecule is Cc1cc(C)c(S(=O)(=O)N2CCC[C@@H](C(=O)N3C[C@H](C(=O)NCCc4ccccc4)Oc4ccccc43)C2)c(C)c1. The number of carbonyl (C=O) groups is 2. The number of carbonyl (C=O) groups excluding carboxylic acids is 2. The molecule has 41 heavy (non-hydrogen) atoms. The van der Waals surface area contributed by atoms with Gasteiger partial charge in [-0.3, -0.25) is 9.59 Å². The lowest BCUT2D eigenvalue weighted by molar-refractivity contribution is -0.129. The van der Waals surface area contributed by atoms with Crippen LogP contribution >= 0.6 is 0 Å². The molecule has 1 N–H and O–H groups in total. The third kappa shape index (κ3) is 6.16. The van der Waals surface area contributed by atoms with Crippen molar-refractivity contribution >= 4 is 27.5 Å². The van der Waals surface area contributed by atoms with Gasteiger partial charge in [-0.1, -0.05) is 60.2 Å². The molecule has 2 atom stereocenters. The molecule has 3 aromatic rings. The third-order valence-electron chi connectivity index (χ3n) is 7.82. The van der Waals surface area contributed by atoms with Gasteiger partial charge in [0.05, 0.1) is 23.0 Å². The molecule has 9 heteroatoms. The molecule has 0 saturated carbocycles. The Morgan fingerprint density at radius 1 is 0.951 bits per heavy atom. The van der Waals surface area contributed by atoms with Gasteiger partial charge in [0.15, 0.2) is 6.10 Å². The highest BCUT2D eigenvalue weighted by molar-refractivity contribution is 7.89. The predicted molar refractivity (Wildman–Crippen MR) is 159 cm³/mol. The molecule has 5 rings (SSSR count). The van der Waals surface area contributed by atoms with Crippen molar-refractivity contribution in [2.75, 3.05) is 31.1 Å². The molecule has 0 aromatic heterocycles. The summed E-state index contributed by atoms with van der Waals surface area (Å²) >= 11 is 0. The van der Waals surface area contributed by atoms with Crippen LogP contribution in [0.5, 0.6) is 5.75 Å². The van der Waals surface area contributed by atoms with E-state index in [0.717, 1.165) is 11.1 Å². The molecule has 2 heterocycles. The van der Waals surface area contributed by atoms with E-state index in [1.54, 1.807) is 23.1 Å². The van der Waals surface area contributed by atoms with Crippen molar-refractivity contribution in [3.8, 4) is 5.75 Å². The van der Waals surface area contributed by atoms with Gasteiger partial charge in [-0.15, -0.1) is 0 Å². The third-order valence-corrected chi connectivity index (χ3v) is 10.00. The zero-order valence-corrected chi connectivity index (χ0v) is 24.6. The summed E-state index contributed by atoms with van der Waals surface area (Å²) in [5, 5.41) is 2.94. The molecule has 2 aliphatic rings. The number of aryl methyl sites for hydroxylation is 3. The van der Waals surface area contributed by atoms with E-state index in [2.05, 4.69) is 5.32 Å². The lowest BCUT2D eigenvalue weighted by Gasteiger charge is -2.38. The van der Waals surface area contributed by atoms with Crippen LogP contribution in [0.25, 0.3) is 0 Å². The highest BCUT2D eigenvalue weighted by atomic mass is 32.2. The summed E-state index contributed by atoms with van der Waals surface area (Å²) in [4.78, 5) is 29.0. The molecule has 0 unspecified atom stereocenters. The number of nitrogens with one attached hydrogen (secondary N) is 1. The zero-order chi connectivity index (χ0) is 29.1. The number of piperidine rings is 1. The van der Waals surface area contributed by atoms with E-state index in [1.807, 2.05) is 69.3 Å². The second-order valence-corrected chi connectivity index (χ2v) is 12.9. The van der Waals surface area contributed by atoms with Gasteiger partial charge >= 0.3 is 0 Å². The first-order valence-electron chi connectivity index (χ1n) is 14.1. The van der Waals surface area contributed by atoms with E-state index in [-0.39, 0.29) is 24.9 Å². The number of anilines is 1. The largest absolute Gasteiger partial charge is 0.477 e. The van der Waals surface area contributed by atoms with Crippen molar-refractivity contribution in [3.63, 3.8) is 0 Å². The Labute approximate surface area is 242 Å². The number of sulfonamides is 1. The van der Waals surface area contributed by atoms with Gasteiger partial charge < -0.3 is 15.0 Å². The fourth-order valence-corrected chi connectivity index (χ4v) is 7.89. The predicted octanol–water partition coefficient (Wildman–Crippen LogP) is 4.17. The molecule has 0 bridgehead atoms. The van der Waals surface area contributed by atoms with E-state index in [1.165, 1.54) is 4.31 Å². The van der Waals surface area contributed by atoms with Crippen LogP contribution in [0.1, 0.15) is 35.1 Å². The minimum atomic E-state index is -3.78. The number of hydrogen-bond acceptors (Lipinski definition) is 5. The second kappa shape index (κ2) is 12.0. The summed E-state index contributed by atoms with van der Waals surface area (Å²) in [5.41, 5.74) is 4.14. The number of nitrogens with zero attached hydrogens (tertiary/aromatic N) is 2. The van der Waals surface area contributed by atoms with Gasteiger partial charge in [-0.2, -0.15) is 4.31 Å². The Morgan fingerprint density at radius 2 is 1.63 bits per heavy atom. The number of hydrogen-bond donors (Lipinski definition) is 1. The summed E-state index contributed by atoms with van der Waals surface area (Å²) in [5.74, 6) is -0.550. The lowest BCUT2D eigenvalue weighted by atomic mass is 9.97. The number of rotatable bonds is 7. The Kier molecular flexibility index (Phi) is 8.47. The molecule has 1 saturated heterocycles. The molecule has 8 nitrogen and oxygen atoms in total. The molecule has 0 aliphatic carbocycles. The maximum atomic E-state index is 14.0. The van der Waals surface area contributed by atoms with Crippen LogP contribution < -0.4 is 15.0 Å². The quantitative estimate of drug-likeness (QED) is 0.456. The fourth-order valence-electron chi connectivity index (χ4n) is 5.95. The van der Waals surface area contributed by atoms with Gasteiger partial charge in [-0.25, -0.2) is 8.42 Å². The van der Waals surface area contributed by atoms with E-state index in [4.69, 9.17) is 4.74 Å². The van der Waals surface area contributed by atoms with Gasteiger partial charge in [0.25, 0.3) is 5.91 Å². The first-order valence-corrected chi connectivity index (χ1v) is 15.6. The van der Waals surface area contributed by atoms with Gasteiger partial charge in [-0.05, 0) is 68.9 Å². The van der Waals surface area contributed by atoms with Gasteiger partial charge in [0.1, 0.15) is 5.75 Å². The summed E-state index contributed by atoms with van der Waals surface area (Å²) < 4.78 is 35.0. The molecule has 3 aromatic carbocycles. The molecule has 216 valence electrons. The molecular formula is C32H37N3O5S. The highest BCUT2D eigenvalue weighted by Gasteiger charge is 2.40. The van der Waals surface area contributed by atoms with Gasteiger partial charge in [0, 0.05) is 19.6 Å². The minimum Gasteiger partial charge on any atom is -0.477 e. The van der Waals surface area contributed by atoms with Crippen LogP contribution in [-0.2, 0) is 26.0 Å². The van der Waals surface area contributed by atoms with Gasteiger partial charge in [0.2, 0.25) is 15.9 Å². The standard InChI is InChI=1S/C32H37N3O5S/c1-22-18-23(2)30(24(3)19-22)41(38,39)34-17-9-12-26(20-34)32(37)35-21-29(40-28-14-8-7-13-27(28)35)31(36)33-16-15-25-10-5-4-6-11-25/h4-8,10-11,13-14,18-19,26,29H,9,12,15-17,20-21H2,1-3H3,(H,33,36)/t26-,29-/m1/s1. The Bertz CT molecular complexity index is 1520. The van der Waals surface area contributed by atoms with E-state index >= 15 is 0 Å². The van der Waals surface area contributed by atoms with E-state index in [0.29, 0.717) is 59.8 Å². The van der Waals surface area contributed by atoms with Crippen LogP contribution in [-0.4, -0.2) is 56.8 Å². The Balaban J connectivity index is 1.32. The normalized spacial score (nSPS) is 19.2. The number of para-hydroxylation sites is 2. The molecule has 1 fully saturated rings.